The first-order chi connectivity index (χ1) is 8.92. The molecule has 0 bridgehead atoms. The first-order valence-electron chi connectivity index (χ1n) is 5.60. The molecule has 0 radical (unpaired) electrons. The fourth-order valence-corrected chi connectivity index (χ4v) is 3.00. The number of pyridine rings is 1. The van der Waals surface area contributed by atoms with E-state index in [2.05, 4.69) is 22.1 Å². The molecule has 0 atom stereocenters. The van der Waals surface area contributed by atoms with Crippen LogP contribution in [0.3, 0.4) is 0 Å². The van der Waals surface area contributed by atoms with Gasteiger partial charge >= 0.3 is 0 Å². The normalized spacial score (nSPS) is 11.3. The molecule has 0 aliphatic heterocycles. The smallest absolute Gasteiger partial charge is 0.162 e. The molecule has 0 amide bonds. The molecule has 3 heterocycles. The quantitative estimate of drug-likeness (QED) is 0.512. The molecule has 0 spiro atoms. The van der Waals surface area contributed by atoms with Gasteiger partial charge in [0.2, 0.25) is 0 Å². The Kier molecular flexibility index (Phi) is 1.98. The van der Waals surface area contributed by atoms with E-state index in [1.165, 1.54) is 0 Å². The Morgan fingerprint density at radius 2 is 2.06 bits per heavy atom. The lowest BCUT2D eigenvalue weighted by molar-refractivity contribution is 0.582. The van der Waals surface area contributed by atoms with Crippen molar-refractivity contribution in [2.45, 2.75) is 0 Å². The minimum absolute atomic E-state index is 0.813. The molecule has 0 aliphatic rings. The molecule has 0 saturated carbocycles. The minimum atomic E-state index is 0.813. The highest BCUT2D eigenvalue weighted by atomic mass is 32.1. The van der Waals surface area contributed by atoms with E-state index in [4.69, 9.17) is 4.42 Å². The van der Waals surface area contributed by atoms with Crippen LogP contribution in [0.5, 0.6) is 0 Å². The summed E-state index contributed by atoms with van der Waals surface area (Å²) in [5, 5.41) is 2.00. The molecule has 0 aliphatic carbocycles. The van der Waals surface area contributed by atoms with Gasteiger partial charge in [-0.1, -0.05) is 0 Å². The average molecular weight is 252 g/mol. The van der Waals surface area contributed by atoms with Gasteiger partial charge in [-0.2, -0.15) is 0 Å². The number of nitrogens with zero attached hydrogens (tertiary/aromatic N) is 2. The van der Waals surface area contributed by atoms with Crippen molar-refractivity contribution in [2.75, 3.05) is 0 Å². The van der Waals surface area contributed by atoms with E-state index in [1.54, 1.807) is 23.8 Å². The van der Waals surface area contributed by atoms with Crippen molar-refractivity contribution in [1.29, 1.82) is 0 Å². The van der Waals surface area contributed by atoms with Gasteiger partial charge in [0.05, 0.1) is 22.0 Å². The highest BCUT2D eigenvalue weighted by Crippen LogP contribution is 2.33. The monoisotopic (exact) mass is 252 g/mol. The first-order valence-corrected chi connectivity index (χ1v) is 6.41. The van der Waals surface area contributed by atoms with Crippen LogP contribution in [-0.2, 0) is 0 Å². The van der Waals surface area contributed by atoms with Crippen molar-refractivity contribution in [3.8, 4) is 10.8 Å². The van der Waals surface area contributed by atoms with Crippen molar-refractivity contribution >= 4 is 32.5 Å². The summed E-state index contributed by atoms with van der Waals surface area (Å²) < 4.78 is 6.55. The molecule has 0 N–H and O–H groups in total. The van der Waals surface area contributed by atoms with E-state index in [-0.39, 0.29) is 0 Å². The Hall–Kier alpha value is -2.20. The predicted molar refractivity (Wildman–Crippen MR) is 72.6 cm³/mol. The molecule has 4 aromatic rings. The van der Waals surface area contributed by atoms with Gasteiger partial charge in [-0.05, 0) is 36.4 Å². The van der Waals surface area contributed by atoms with E-state index in [1.807, 2.05) is 24.3 Å². The second-order valence-corrected chi connectivity index (χ2v) is 5.01. The van der Waals surface area contributed by atoms with Gasteiger partial charge in [-0.3, -0.25) is 4.98 Å². The molecule has 1 aromatic carbocycles. The van der Waals surface area contributed by atoms with Gasteiger partial charge in [-0.15, -0.1) is 11.3 Å². The first kappa shape index (κ1) is 9.79. The Bertz CT molecular complexity index is 833. The summed E-state index contributed by atoms with van der Waals surface area (Å²) in [6.45, 7) is 0. The Morgan fingerprint density at radius 1 is 1.06 bits per heavy atom. The Morgan fingerprint density at radius 3 is 2.94 bits per heavy atom. The van der Waals surface area contributed by atoms with Crippen LogP contribution in [0.4, 0.5) is 0 Å². The van der Waals surface area contributed by atoms with Crippen LogP contribution in [-0.4, -0.2) is 9.97 Å². The zero-order valence-electron chi connectivity index (χ0n) is 9.33. The summed E-state index contributed by atoms with van der Waals surface area (Å²) in [4.78, 5) is 9.01. The van der Waals surface area contributed by atoms with Crippen LogP contribution >= 0.6 is 11.3 Å². The van der Waals surface area contributed by atoms with Crippen LogP contribution in [0.15, 0.2) is 53.3 Å². The van der Waals surface area contributed by atoms with Crippen molar-refractivity contribution in [1.82, 2.24) is 9.97 Å². The van der Waals surface area contributed by atoms with Gasteiger partial charge in [-0.25, -0.2) is 4.98 Å². The highest BCUT2D eigenvalue weighted by Gasteiger charge is 2.10. The second-order valence-electron chi connectivity index (χ2n) is 3.98. The van der Waals surface area contributed by atoms with Crippen molar-refractivity contribution in [3.05, 3.63) is 48.9 Å². The summed E-state index contributed by atoms with van der Waals surface area (Å²) in [7, 11) is 0. The predicted octanol–water partition coefficient (Wildman–Crippen LogP) is 4.10. The second kappa shape index (κ2) is 3.65. The molecule has 0 unspecified atom stereocenters. The van der Waals surface area contributed by atoms with E-state index >= 15 is 0 Å². The van der Waals surface area contributed by atoms with Gasteiger partial charge in [0, 0.05) is 11.6 Å². The molecule has 18 heavy (non-hydrogen) atoms. The fourth-order valence-electron chi connectivity index (χ4n) is 2.05. The summed E-state index contributed by atoms with van der Waals surface area (Å²) >= 11 is 1.64. The molecule has 86 valence electrons. The largest absolute Gasteiger partial charge is 0.462 e. The molecule has 0 fully saturated rings. The average Bonchev–Trinajstić information content (AvgIpc) is 3.07. The molecular formula is C14H8N2OS. The van der Waals surface area contributed by atoms with Crippen molar-refractivity contribution < 1.29 is 4.42 Å². The third-order valence-corrected chi connectivity index (χ3v) is 3.91. The zero-order valence-corrected chi connectivity index (χ0v) is 10.1. The lowest BCUT2D eigenvalue weighted by atomic mass is 10.2. The minimum Gasteiger partial charge on any atom is -0.462 e. The number of hydrogen-bond acceptors (Lipinski definition) is 4. The number of aromatic nitrogens is 2. The number of furan rings is 1. The molecule has 4 rings (SSSR count). The molecule has 3 nitrogen and oxygen atoms in total. The third-order valence-electron chi connectivity index (χ3n) is 2.87. The van der Waals surface area contributed by atoms with Gasteiger partial charge in [0.15, 0.2) is 10.8 Å². The third kappa shape index (κ3) is 1.36. The lowest BCUT2D eigenvalue weighted by Crippen LogP contribution is -1.78. The van der Waals surface area contributed by atoms with Crippen LogP contribution in [0, 0.1) is 0 Å². The topological polar surface area (TPSA) is 38.9 Å². The van der Waals surface area contributed by atoms with Gasteiger partial charge < -0.3 is 4.42 Å². The number of fused-ring (bicyclic) bond motifs is 3. The fraction of sp³-hybridized carbons (Fsp3) is 0. The van der Waals surface area contributed by atoms with Crippen LogP contribution in [0.25, 0.3) is 31.9 Å². The summed E-state index contributed by atoms with van der Waals surface area (Å²) in [6, 6.07) is 11.9. The summed E-state index contributed by atoms with van der Waals surface area (Å²) in [5.74, 6) is 0.813. The SMILES string of the molecule is c1coc(-c2nc3c(ccc4ncccc43)s2)c1. The van der Waals surface area contributed by atoms with Crippen molar-refractivity contribution in [2.24, 2.45) is 0 Å². The van der Waals surface area contributed by atoms with Gasteiger partial charge in [0.25, 0.3) is 0 Å². The Labute approximate surface area is 107 Å². The maximum Gasteiger partial charge on any atom is 0.162 e. The Balaban J connectivity index is 2.08. The number of thiazole rings is 1. The molecule has 0 saturated heterocycles. The maximum atomic E-state index is 5.39. The summed E-state index contributed by atoms with van der Waals surface area (Å²) in [6.07, 6.45) is 3.47. The molecular weight excluding hydrogens is 244 g/mol. The zero-order chi connectivity index (χ0) is 11.9. The van der Waals surface area contributed by atoms with Crippen molar-refractivity contribution in [3.63, 3.8) is 0 Å². The molecule has 4 heteroatoms. The number of hydrogen-bond donors (Lipinski definition) is 0. The summed E-state index contributed by atoms with van der Waals surface area (Å²) in [5.41, 5.74) is 1.97. The highest BCUT2D eigenvalue weighted by molar-refractivity contribution is 7.21. The van der Waals surface area contributed by atoms with Crippen LogP contribution in [0.2, 0.25) is 0 Å². The maximum absolute atomic E-state index is 5.39. The molecule has 3 aromatic heterocycles. The van der Waals surface area contributed by atoms with Gasteiger partial charge in [0.1, 0.15) is 0 Å². The number of rotatable bonds is 1. The number of benzene rings is 1. The van der Waals surface area contributed by atoms with Crippen LogP contribution < -0.4 is 0 Å². The van der Waals surface area contributed by atoms with E-state index in [9.17, 15) is 0 Å². The van der Waals surface area contributed by atoms with E-state index in [0.717, 1.165) is 31.9 Å². The standard InChI is InChI=1S/C14H8N2OS/c1-3-9-10(15-7-1)5-6-12-13(9)16-14(18-12)11-4-2-8-17-11/h1-8H. The van der Waals surface area contributed by atoms with Crippen LogP contribution in [0.1, 0.15) is 0 Å². The van der Waals surface area contributed by atoms with E-state index < -0.39 is 0 Å². The van der Waals surface area contributed by atoms with E-state index in [0.29, 0.717) is 0 Å². The lowest BCUT2D eigenvalue weighted by Gasteiger charge is -1.95.